The summed E-state index contributed by atoms with van der Waals surface area (Å²) >= 11 is 1.97. The van der Waals surface area contributed by atoms with E-state index in [-0.39, 0.29) is 5.41 Å². The first-order valence-electron chi connectivity index (χ1n) is 5.35. The molecule has 0 amide bonds. The van der Waals surface area contributed by atoms with Gasteiger partial charge in [0.05, 0.1) is 0 Å². The molecule has 1 aromatic heterocycles. The Morgan fingerprint density at radius 3 is 3.13 bits per heavy atom. The molecule has 0 bridgehead atoms. The Morgan fingerprint density at radius 1 is 1.60 bits per heavy atom. The lowest BCUT2D eigenvalue weighted by Crippen LogP contribution is -2.30. The van der Waals surface area contributed by atoms with E-state index in [2.05, 4.69) is 17.1 Å². The largest absolute Gasteiger partial charge is 0.339 e. The van der Waals surface area contributed by atoms with Crippen LogP contribution in [0.3, 0.4) is 0 Å². The summed E-state index contributed by atoms with van der Waals surface area (Å²) in [5.74, 6) is 3.87. The summed E-state index contributed by atoms with van der Waals surface area (Å²) in [6.07, 6.45) is 3.07. The number of thioether (sulfide) groups is 1. The van der Waals surface area contributed by atoms with Crippen LogP contribution in [0.15, 0.2) is 4.52 Å². The predicted molar refractivity (Wildman–Crippen MR) is 61.0 cm³/mol. The highest BCUT2D eigenvalue weighted by Crippen LogP contribution is 2.35. The van der Waals surface area contributed by atoms with Crippen molar-refractivity contribution >= 4 is 11.8 Å². The molecule has 15 heavy (non-hydrogen) atoms. The Hall–Kier alpha value is -0.550. The van der Waals surface area contributed by atoms with Gasteiger partial charge in [-0.3, -0.25) is 0 Å². The van der Waals surface area contributed by atoms with E-state index in [1.165, 1.54) is 12.2 Å². The molecule has 2 N–H and O–H groups in total. The highest BCUT2D eigenvalue weighted by molar-refractivity contribution is 7.99. The van der Waals surface area contributed by atoms with Crippen LogP contribution in [0.2, 0.25) is 0 Å². The van der Waals surface area contributed by atoms with Crippen LogP contribution in [0.4, 0.5) is 0 Å². The second-order valence-electron chi connectivity index (χ2n) is 4.27. The van der Waals surface area contributed by atoms with Crippen molar-refractivity contribution in [3.8, 4) is 0 Å². The molecule has 1 aliphatic heterocycles. The normalized spacial score (nSPS) is 26.8. The fraction of sp³-hybridized carbons (Fsp3) is 0.800. The molecule has 1 fully saturated rings. The van der Waals surface area contributed by atoms with Gasteiger partial charge in [0.1, 0.15) is 0 Å². The predicted octanol–water partition coefficient (Wildman–Crippen LogP) is 1.36. The van der Waals surface area contributed by atoms with Crippen LogP contribution >= 0.6 is 11.8 Å². The molecule has 0 spiro atoms. The minimum absolute atomic E-state index is 0.0965. The van der Waals surface area contributed by atoms with Gasteiger partial charge in [-0.15, -0.1) is 0 Å². The quantitative estimate of drug-likeness (QED) is 0.844. The highest BCUT2D eigenvalue weighted by Gasteiger charge is 2.33. The fourth-order valence-corrected chi connectivity index (χ4v) is 3.05. The van der Waals surface area contributed by atoms with E-state index in [9.17, 15) is 0 Å². The molecule has 1 saturated heterocycles. The van der Waals surface area contributed by atoms with Crippen LogP contribution in [0, 0.1) is 0 Å². The van der Waals surface area contributed by atoms with E-state index in [0.717, 1.165) is 18.0 Å². The fourth-order valence-electron chi connectivity index (χ4n) is 1.84. The number of aromatic nitrogens is 2. The van der Waals surface area contributed by atoms with Gasteiger partial charge in [0.2, 0.25) is 5.89 Å². The molecule has 1 aliphatic rings. The summed E-state index contributed by atoms with van der Waals surface area (Å²) in [7, 11) is 0. The van der Waals surface area contributed by atoms with Gasteiger partial charge < -0.3 is 10.3 Å². The van der Waals surface area contributed by atoms with Gasteiger partial charge in [-0.25, -0.2) is 0 Å². The lowest BCUT2D eigenvalue weighted by atomic mass is 9.86. The van der Waals surface area contributed by atoms with Crippen molar-refractivity contribution < 1.29 is 4.52 Å². The zero-order valence-corrected chi connectivity index (χ0v) is 9.85. The first-order valence-corrected chi connectivity index (χ1v) is 6.51. The highest BCUT2D eigenvalue weighted by atomic mass is 32.2. The van der Waals surface area contributed by atoms with Crippen LogP contribution in [0.5, 0.6) is 0 Å². The van der Waals surface area contributed by atoms with Gasteiger partial charge >= 0.3 is 0 Å². The summed E-state index contributed by atoms with van der Waals surface area (Å²) in [4.78, 5) is 4.42. The second kappa shape index (κ2) is 4.53. The Bertz CT molecular complexity index is 320. The molecule has 0 saturated carbocycles. The molecule has 2 rings (SSSR count). The van der Waals surface area contributed by atoms with E-state index in [0.29, 0.717) is 18.9 Å². The molecule has 2 heterocycles. The van der Waals surface area contributed by atoms with Gasteiger partial charge in [-0.2, -0.15) is 16.7 Å². The van der Waals surface area contributed by atoms with Crippen molar-refractivity contribution in [2.75, 3.05) is 18.1 Å². The molecule has 84 valence electrons. The van der Waals surface area contributed by atoms with Crippen molar-refractivity contribution in [2.45, 2.75) is 31.6 Å². The Kier molecular flexibility index (Phi) is 3.31. The van der Waals surface area contributed by atoms with Gasteiger partial charge in [-0.1, -0.05) is 12.1 Å². The molecule has 0 aliphatic carbocycles. The zero-order valence-electron chi connectivity index (χ0n) is 9.03. The third-order valence-corrected chi connectivity index (χ3v) is 4.22. The van der Waals surface area contributed by atoms with Gasteiger partial charge in [0.15, 0.2) is 5.82 Å². The topological polar surface area (TPSA) is 64.9 Å². The number of rotatable bonds is 3. The number of nitrogens with zero attached hydrogens (tertiary/aromatic N) is 2. The van der Waals surface area contributed by atoms with Gasteiger partial charge in [-0.05, 0) is 18.6 Å². The Morgan fingerprint density at radius 2 is 2.47 bits per heavy atom. The molecule has 1 unspecified atom stereocenters. The lowest BCUT2D eigenvalue weighted by molar-refractivity contribution is 0.354. The summed E-state index contributed by atoms with van der Waals surface area (Å²) in [6, 6.07) is 0. The SMILES string of the molecule is CC1(c2noc(CCN)n2)CCCSC1. The standard InChI is InChI=1S/C10H17N3OS/c1-10(4-2-6-15-7-10)9-12-8(3-5-11)14-13-9/h2-7,11H2,1H3. The van der Waals surface area contributed by atoms with Crippen molar-refractivity contribution in [1.82, 2.24) is 10.1 Å². The first kappa shape index (κ1) is 11.0. The number of hydrogen-bond acceptors (Lipinski definition) is 5. The summed E-state index contributed by atoms with van der Waals surface area (Å²) in [5.41, 5.74) is 5.55. The molecule has 0 radical (unpaired) electrons. The van der Waals surface area contributed by atoms with E-state index < -0.39 is 0 Å². The Labute approximate surface area is 94.0 Å². The maximum Gasteiger partial charge on any atom is 0.227 e. The molecule has 1 aromatic rings. The van der Waals surface area contributed by atoms with Crippen molar-refractivity contribution in [1.29, 1.82) is 0 Å². The van der Waals surface area contributed by atoms with Crippen LogP contribution in [-0.2, 0) is 11.8 Å². The molecular weight excluding hydrogens is 210 g/mol. The molecular formula is C10H17N3OS. The maximum absolute atomic E-state index is 5.45. The minimum atomic E-state index is 0.0965. The van der Waals surface area contributed by atoms with E-state index >= 15 is 0 Å². The van der Waals surface area contributed by atoms with Crippen molar-refractivity contribution in [2.24, 2.45) is 5.73 Å². The van der Waals surface area contributed by atoms with E-state index in [4.69, 9.17) is 10.3 Å². The van der Waals surface area contributed by atoms with Crippen LogP contribution < -0.4 is 5.73 Å². The zero-order chi connectivity index (χ0) is 10.7. The molecule has 0 aromatic carbocycles. The lowest BCUT2D eigenvalue weighted by Gasteiger charge is -2.29. The van der Waals surface area contributed by atoms with Crippen LogP contribution in [-0.4, -0.2) is 28.2 Å². The average Bonchev–Trinajstić information content (AvgIpc) is 2.69. The smallest absolute Gasteiger partial charge is 0.227 e. The summed E-state index contributed by atoms with van der Waals surface area (Å²) < 4.78 is 5.17. The third-order valence-electron chi connectivity index (χ3n) is 2.80. The second-order valence-corrected chi connectivity index (χ2v) is 5.37. The maximum atomic E-state index is 5.45. The Balaban J connectivity index is 2.12. The first-order chi connectivity index (χ1) is 7.24. The summed E-state index contributed by atoms with van der Waals surface area (Å²) in [6.45, 7) is 2.78. The summed E-state index contributed by atoms with van der Waals surface area (Å²) in [5, 5.41) is 4.08. The van der Waals surface area contributed by atoms with Crippen molar-refractivity contribution in [3.63, 3.8) is 0 Å². The molecule has 1 atom stereocenters. The minimum Gasteiger partial charge on any atom is -0.339 e. The number of hydrogen-bond donors (Lipinski definition) is 1. The average molecular weight is 227 g/mol. The van der Waals surface area contributed by atoms with Gasteiger partial charge in [0, 0.05) is 24.1 Å². The molecule has 5 heteroatoms. The van der Waals surface area contributed by atoms with Crippen LogP contribution in [0.1, 0.15) is 31.5 Å². The monoisotopic (exact) mass is 227 g/mol. The van der Waals surface area contributed by atoms with Gasteiger partial charge in [0.25, 0.3) is 0 Å². The van der Waals surface area contributed by atoms with E-state index in [1.807, 2.05) is 11.8 Å². The van der Waals surface area contributed by atoms with Crippen LogP contribution in [0.25, 0.3) is 0 Å². The van der Waals surface area contributed by atoms with Crippen molar-refractivity contribution in [3.05, 3.63) is 11.7 Å². The number of nitrogens with two attached hydrogens (primary N) is 1. The third kappa shape index (κ3) is 2.34. The van der Waals surface area contributed by atoms with E-state index in [1.54, 1.807) is 0 Å². The molecule has 4 nitrogen and oxygen atoms in total.